The molecule has 1 aromatic rings. The third-order valence-corrected chi connectivity index (χ3v) is 3.53. The standard InChI is InChI=1S/C14H18FNO2/c1-18-11-5-6-12(13(15)8-11)14(17)9-3-2-4-10(16)7-9/h5-6,8-10H,2-4,7,16H2,1H3. The van der Waals surface area contributed by atoms with Gasteiger partial charge in [0.05, 0.1) is 12.7 Å². The van der Waals surface area contributed by atoms with E-state index in [1.54, 1.807) is 6.07 Å². The first-order valence-corrected chi connectivity index (χ1v) is 6.25. The van der Waals surface area contributed by atoms with Gasteiger partial charge in [0, 0.05) is 18.0 Å². The highest BCUT2D eigenvalue weighted by atomic mass is 19.1. The molecule has 0 heterocycles. The molecule has 1 aromatic carbocycles. The zero-order valence-corrected chi connectivity index (χ0v) is 10.5. The third-order valence-electron chi connectivity index (χ3n) is 3.53. The molecular weight excluding hydrogens is 233 g/mol. The van der Waals surface area contributed by atoms with Gasteiger partial charge >= 0.3 is 0 Å². The van der Waals surface area contributed by atoms with E-state index in [0.29, 0.717) is 12.2 Å². The number of hydrogen-bond donors (Lipinski definition) is 1. The van der Waals surface area contributed by atoms with E-state index in [2.05, 4.69) is 0 Å². The van der Waals surface area contributed by atoms with Gasteiger partial charge in [0.25, 0.3) is 0 Å². The zero-order valence-electron chi connectivity index (χ0n) is 10.5. The number of benzene rings is 1. The van der Waals surface area contributed by atoms with Crippen LogP contribution in [0.15, 0.2) is 18.2 Å². The van der Waals surface area contributed by atoms with E-state index in [0.717, 1.165) is 19.3 Å². The van der Waals surface area contributed by atoms with Crippen LogP contribution in [0.3, 0.4) is 0 Å². The van der Waals surface area contributed by atoms with Gasteiger partial charge in [0.15, 0.2) is 5.78 Å². The van der Waals surface area contributed by atoms with Crippen molar-refractivity contribution in [1.82, 2.24) is 0 Å². The maximum absolute atomic E-state index is 13.8. The van der Waals surface area contributed by atoms with Crippen molar-refractivity contribution < 1.29 is 13.9 Å². The molecule has 1 aliphatic rings. The molecule has 2 N–H and O–H groups in total. The van der Waals surface area contributed by atoms with Crippen molar-refractivity contribution in [2.75, 3.05) is 7.11 Å². The average Bonchev–Trinajstić information content (AvgIpc) is 2.37. The Morgan fingerprint density at radius 2 is 2.22 bits per heavy atom. The second-order valence-electron chi connectivity index (χ2n) is 4.83. The lowest BCUT2D eigenvalue weighted by molar-refractivity contribution is 0.0877. The summed E-state index contributed by atoms with van der Waals surface area (Å²) in [6, 6.07) is 4.42. The van der Waals surface area contributed by atoms with E-state index < -0.39 is 5.82 Å². The van der Waals surface area contributed by atoms with Gasteiger partial charge in [-0.25, -0.2) is 4.39 Å². The predicted octanol–water partition coefficient (Wildman–Crippen LogP) is 2.53. The van der Waals surface area contributed by atoms with E-state index >= 15 is 0 Å². The van der Waals surface area contributed by atoms with Crippen LogP contribution in [0.1, 0.15) is 36.0 Å². The summed E-state index contributed by atoms with van der Waals surface area (Å²) in [6.07, 6.45) is 3.35. The molecule has 3 nitrogen and oxygen atoms in total. The van der Waals surface area contributed by atoms with Crippen LogP contribution in [0.25, 0.3) is 0 Å². The van der Waals surface area contributed by atoms with Gasteiger partial charge in [-0.15, -0.1) is 0 Å². The lowest BCUT2D eigenvalue weighted by atomic mass is 9.81. The number of rotatable bonds is 3. The number of ether oxygens (including phenoxy) is 1. The molecule has 1 aliphatic carbocycles. The Morgan fingerprint density at radius 3 is 2.83 bits per heavy atom. The summed E-state index contributed by atoms with van der Waals surface area (Å²) in [7, 11) is 1.47. The lowest BCUT2D eigenvalue weighted by Gasteiger charge is -2.25. The lowest BCUT2D eigenvalue weighted by Crippen LogP contribution is -2.31. The van der Waals surface area contributed by atoms with Crippen molar-refractivity contribution in [3.63, 3.8) is 0 Å². The summed E-state index contributed by atoms with van der Waals surface area (Å²) < 4.78 is 18.7. The summed E-state index contributed by atoms with van der Waals surface area (Å²) in [4.78, 5) is 12.2. The van der Waals surface area contributed by atoms with Crippen molar-refractivity contribution in [3.8, 4) is 5.75 Å². The SMILES string of the molecule is COc1ccc(C(=O)C2CCCC(N)C2)c(F)c1. The van der Waals surface area contributed by atoms with Crippen LogP contribution in [0.2, 0.25) is 0 Å². The minimum atomic E-state index is -0.515. The molecule has 0 spiro atoms. The van der Waals surface area contributed by atoms with Gasteiger partial charge in [0.1, 0.15) is 11.6 Å². The van der Waals surface area contributed by atoms with E-state index in [9.17, 15) is 9.18 Å². The molecule has 0 radical (unpaired) electrons. The molecular formula is C14H18FNO2. The smallest absolute Gasteiger partial charge is 0.168 e. The molecule has 2 atom stereocenters. The maximum Gasteiger partial charge on any atom is 0.168 e. The van der Waals surface area contributed by atoms with E-state index in [4.69, 9.17) is 10.5 Å². The Morgan fingerprint density at radius 1 is 1.44 bits per heavy atom. The first kappa shape index (κ1) is 13.0. The van der Waals surface area contributed by atoms with Crippen LogP contribution in [-0.4, -0.2) is 18.9 Å². The number of methoxy groups -OCH3 is 1. The van der Waals surface area contributed by atoms with Gasteiger partial charge < -0.3 is 10.5 Å². The van der Waals surface area contributed by atoms with E-state index in [-0.39, 0.29) is 23.3 Å². The minimum Gasteiger partial charge on any atom is -0.497 e. The van der Waals surface area contributed by atoms with Crippen molar-refractivity contribution in [2.24, 2.45) is 11.7 Å². The monoisotopic (exact) mass is 251 g/mol. The Kier molecular flexibility index (Phi) is 3.97. The number of nitrogens with two attached hydrogens (primary N) is 1. The second-order valence-corrected chi connectivity index (χ2v) is 4.83. The summed E-state index contributed by atoms with van der Waals surface area (Å²) in [5.74, 6) is -0.371. The third kappa shape index (κ3) is 2.70. The fourth-order valence-corrected chi connectivity index (χ4v) is 2.51. The normalized spacial score (nSPS) is 23.7. The Balaban J connectivity index is 2.17. The first-order chi connectivity index (χ1) is 8.61. The molecule has 18 heavy (non-hydrogen) atoms. The number of halogens is 1. The summed E-state index contributed by atoms with van der Waals surface area (Å²) in [5, 5.41) is 0. The molecule has 1 saturated carbocycles. The van der Waals surface area contributed by atoms with Crippen molar-refractivity contribution in [1.29, 1.82) is 0 Å². The molecule has 4 heteroatoms. The van der Waals surface area contributed by atoms with Crippen LogP contribution in [0, 0.1) is 11.7 Å². The molecule has 1 fully saturated rings. The Hall–Kier alpha value is -1.42. The topological polar surface area (TPSA) is 52.3 Å². The van der Waals surface area contributed by atoms with Gasteiger partial charge in [-0.2, -0.15) is 0 Å². The average molecular weight is 251 g/mol. The molecule has 0 aromatic heterocycles. The van der Waals surface area contributed by atoms with E-state index in [1.807, 2.05) is 0 Å². The summed E-state index contributed by atoms with van der Waals surface area (Å²) >= 11 is 0. The predicted molar refractivity (Wildman–Crippen MR) is 67.2 cm³/mol. The van der Waals surface area contributed by atoms with Crippen LogP contribution in [0.5, 0.6) is 5.75 Å². The van der Waals surface area contributed by atoms with Gasteiger partial charge in [-0.3, -0.25) is 4.79 Å². The number of Topliss-reactive ketones (excluding diaryl/α,β-unsaturated/α-hetero) is 1. The highest BCUT2D eigenvalue weighted by molar-refractivity contribution is 5.98. The largest absolute Gasteiger partial charge is 0.497 e. The molecule has 0 saturated heterocycles. The van der Waals surface area contributed by atoms with Crippen LogP contribution >= 0.6 is 0 Å². The van der Waals surface area contributed by atoms with Crippen LogP contribution in [0.4, 0.5) is 4.39 Å². The number of hydrogen-bond acceptors (Lipinski definition) is 3. The van der Waals surface area contributed by atoms with E-state index in [1.165, 1.54) is 19.2 Å². The fourth-order valence-electron chi connectivity index (χ4n) is 2.51. The first-order valence-electron chi connectivity index (χ1n) is 6.25. The number of carbonyl (C=O) groups is 1. The second kappa shape index (κ2) is 5.48. The quantitative estimate of drug-likeness (QED) is 0.840. The molecule has 98 valence electrons. The van der Waals surface area contributed by atoms with Gasteiger partial charge in [-0.1, -0.05) is 6.42 Å². The summed E-state index contributed by atoms with van der Waals surface area (Å²) in [5.41, 5.74) is 6.01. The van der Waals surface area contributed by atoms with Gasteiger partial charge in [0.2, 0.25) is 0 Å². The van der Waals surface area contributed by atoms with Crippen LogP contribution in [-0.2, 0) is 0 Å². The number of carbonyl (C=O) groups excluding carboxylic acids is 1. The van der Waals surface area contributed by atoms with Crippen molar-refractivity contribution in [2.45, 2.75) is 31.7 Å². The molecule has 0 aliphatic heterocycles. The highest BCUT2D eigenvalue weighted by Gasteiger charge is 2.27. The Bertz CT molecular complexity index is 447. The zero-order chi connectivity index (χ0) is 13.1. The van der Waals surface area contributed by atoms with Crippen molar-refractivity contribution in [3.05, 3.63) is 29.6 Å². The molecule has 0 bridgehead atoms. The highest BCUT2D eigenvalue weighted by Crippen LogP contribution is 2.28. The maximum atomic E-state index is 13.8. The van der Waals surface area contributed by atoms with Gasteiger partial charge in [-0.05, 0) is 31.4 Å². The molecule has 0 amide bonds. The minimum absolute atomic E-state index is 0.0639. The molecule has 2 rings (SSSR count). The van der Waals surface area contributed by atoms with Crippen molar-refractivity contribution >= 4 is 5.78 Å². The van der Waals surface area contributed by atoms with Crippen LogP contribution < -0.4 is 10.5 Å². The molecule has 2 unspecified atom stereocenters. The summed E-state index contributed by atoms with van der Waals surface area (Å²) in [6.45, 7) is 0. The fraction of sp³-hybridized carbons (Fsp3) is 0.500. The number of ketones is 1. The Labute approximate surface area is 106 Å².